The minimum atomic E-state index is -0.989. The van der Waals surface area contributed by atoms with Crippen LogP contribution < -0.4 is 10.9 Å². The van der Waals surface area contributed by atoms with E-state index in [4.69, 9.17) is 4.74 Å². The van der Waals surface area contributed by atoms with Gasteiger partial charge in [0.05, 0.1) is 17.8 Å². The molecule has 0 bridgehead atoms. The topological polar surface area (TPSA) is 112 Å². The van der Waals surface area contributed by atoms with Crippen molar-refractivity contribution in [3.8, 4) is 0 Å². The number of rotatable bonds is 5. The predicted octanol–water partition coefficient (Wildman–Crippen LogP) is 4.46. The Morgan fingerprint density at radius 3 is 2.61 bits per heavy atom. The number of carbonyl (C=O) groups is 1. The highest BCUT2D eigenvalue weighted by atomic mass is 79.9. The van der Waals surface area contributed by atoms with E-state index in [0.717, 1.165) is 39.5 Å². The van der Waals surface area contributed by atoms with Gasteiger partial charge in [0.25, 0.3) is 5.56 Å². The average Bonchev–Trinajstić information content (AvgIpc) is 3.20. The number of aromatic nitrogens is 3. The molecule has 3 N–H and O–H groups in total. The van der Waals surface area contributed by atoms with E-state index in [1.165, 1.54) is 0 Å². The standard InChI is InChI=1S/C26H34BrN5O4/c1-15-10-16(2)30-24(34)20(15)13-28-23(33)19-11-17(27)12-22-21(19)14-29-32(22)18-6-8-31(9-7-18)25(35)36-26(3,4)5/h10-12,14,18,23,28,33H,6-9,13H2,1-5H3,(H,30,34). The smallest absolute Gasteiger partial charge is 0.410 e. The molecule has 9 nitrogen and oxygen atoms in total. The number of fused-ring (bicyclic) bond motifs is 1. The summed E-state index contributed by atoms with van der Waals surface area (Å²) in [6.45, 7) is 10.8. The van der Waals surface area contributed by atoms with Crippen LogP contribution in [-0.2, 0) is 11.3 Å². The second-order valence-electron chi connectivity index (χ2n) is 10.4. The van der Waals surface area contributed by atoms with E-state index in [2.05, 4.69) is 31.3 Å². The molecule has 36 heavy (non-hydrogen) atoms. The van der Waals surface area contributed by atoms with E-state index in [1.54, 1.807) is 11.1 Å². The van der Waals surface area contributed by atoms with Crippen molar-refractivity contribution in [2.45, 2.75) is 71.9 Å². The number of hydrogen-bond donors (Lipinski definition) is 3. The number of amides is 1. The van der Waals surface area contributed by atoms with E-state index in [-0.39, 0.29) is 24.2 Å². The first kappa shape index (κ1) is 26.4. The molecular weight excluding hydrogens is 526 g/mol. The number of aromatic amines is 1. The van der Waals surface area contributed by atoms with E-state index in [1.807, 2.05) is 57.5 Å². The number of H-pyrrole nitrogens is 1. The Bertz CT molecular complexity index is 1320. The lowest BCUT2D eigenvalue weighted by Crippen LogP contribution is -2.42. The van der Waals surface area contributed by atoms with Gasteiger partial charge in [0, 0.05) is 46.3 Å². The van der Waals surface area contributed by atoms with Gasteiger partial charge in [-0.2, -0.15) is 5.10 Å². The molecule has 3 aromatic rings. The minimum Gasteiger partial charge on any atom is -0.444 e. The summed E-state index contributed by atoms with van der Waals surface area (Å²) in [7, 11) is 0. The van der Waals surface area contributed by atoms with Crippen LogP contribution in [0.2, 0.25) is 0 Å². The van der Waals surface area contributed by atoms with Gasteiger partial charge in [-0.05, 0) is 71.2 Å². The maximum Gasteiger partial charge on any atom is 0.410 e. The third kappa shape index (κ3) is 5.82. The summed E-state index contributed by atoms with van der Waals surface area (Å²) in [6.07, 6.45) is 2.01. The largest absolute Gasteiger partial charge is 0.444 e. The quantitative estimate of drug-likeness (QED) is 0.398. The summed E-state index contributed by atoms with van der Waals surface area (Å²) >= 11 is 3.57. The lowest BCUT2D eigenvalue weighted by molar-refractivity contribution is 0.0186. The first-order valence-electron chi connectivity index (χ1n) is 12.2. The van der Waals surface area contributed by atoms with Crippen molar-refractivity contribution in [1.29, 1.82) is 0 Å². The fourth-order valence-electron chi connectivity index (χ4n) is 4.68. The Morgan fingerprint density at radius 1 is 1.28 bits per heavy atom. The summed E-state index contributed by atoms with van der Waals surface area (Å²) in [5.41, 5.74) is 3.18. The van der Waals surface area contributed by atoms with Crippen LogP contribution in [-0.4, -0.2) is 49.6 Å². The molecule has 0 spiro atoms. The Balaban J connectivity index is 1.50. The van der Waals surface area contributed by atoms with Gasteiger partial charge in [-0.15, -0.1) is 0 Å². The Labute approximate surface area is 219 Å². The van der Waals surface area contributed by atoms with Crippen molar-refractivity contribution in [3.63, 3.8) is 0 Å². The van der Waals surface area contributed by atoms with Gasteiger partial charge < -0.3 is 19.7 Å². The molecule has 1 amide bonds. The van der Waals surface area contributed by atoms with Crippen LogP contribution in [0.25, 0.3) is 10.9 Å². The molecule has 1 unspecified atom stereocenters. The minimum absolute atomic E-state index is 0.127. The molecule has 1 aliphatic rings. The van der Waals surface area contributed by atoms with Gasteiger partial charge in [0.15, 0.2) is 0 Å². The number of piperidine rings is 1. The molecule has 0 radical (unpaired) electrons. The monoisotopic (exact) mass is 559 g/mol. The molecular formula is C26H34BrN5O4. The van der Waals surface area contributed by atoms with Gasteiger partial charge in [-0.1, -0.05) is 15.9 Å². The zero-order valence-electron chi connectivity index (χ0n) is 21.4. The van der Waals surface area contributed by atoms with Gasteiger partial charge >= 0.3 is 6.09 Å². The van der Waals surface area contributed by atoms with Crippen LogP contribution in [0.5, 0.6) is 0 Å². The number of pyridine rings is 1. The fraction of sp³-hybridized carbons (Fsp3) is 0.500. The van der Waals surface area contributed by atoms with Crippen LogP contribution in [0.3, 0.4) is 0 Å². The maximum absolute atomic E-state index is 12.4. The Kier molecular flexibility index (Phi) is 7.59. The summed E-state index contributed by atoms with van der Waals surface area (Å²) in [6, 6.07) is 5.90. The van der Waals surface area contributed by atoms with E-state index < -0.39 is 11.8 Å². The van der Waals surface area contributed by atoms with Gasteiger partial charge in [0.2, 0.25) is 0 Å². The second-order valence-corrected chi connectivity index (χ2v) is 11.4. The Morgan fingerprint density at radius 2 is 1.97 bits per heavy atom. The van der Waals surface area contributed by atoms with Crippen LogP contribution >= 0.6 is 15.9 Å². The van der Waals surface area contributed by atoms with Crippen LogP contribution in [0.4, 0.5) is 4.79 Å². The maximum atomic E-state index is 12.4. The van der Waals surface area contributed by atoms with E-state index >= 15 is 0 Å². The molecule has 1 aliphatic heterocycles. The third-order valence-corrected chi connectivity index (χ3v) is 6.89. The molecule has 1 atom stereocenters. The van der Waals surface area contributed by atoms with Crippen molar-refractivity contribution in [2.75, 3.05) is 13.1 Å². The first-order chi connectivity index (χ1) is 16.9. The summed E-state index contributed by atoms with van der Waals surface area (Å²) in [5.74, 6) is 0. The first-order valence-corrected chi connectivity index (χ1v) is 13.0. The van der Waals surface area contributed by atoms with Crippen LogP contribution in [0.1, 0.15) is 68.3 Å². The van der Waals surface area contributed by atoms with Crippen molar-refractivity contribution in [2.24, 2.45) is 0 Å². The highest BCUT2D eigenvalue weighted by Crippen LogP contribution is 2.32. The van der Waals surface area contributed by atoms with Crippen molar-refractivity contribution < 1.29 is 14.6 Å². The normalized spacial score (nSPS) is 15.9. The third-order valence-electron chi connectivity index (χ3n) is 6.44. The number of halogens is 1. The van der Waals surface area contributed by atoms with Gasteiger partial charge in [-0.25, -0.2) is 4.79 Å². The summed E-state index contributed by atoms with van der Waals surface area (Å²) < 4.78 is 8.31. The molecule has 1 aromatic carbocycles. The molecule has 0 saturated carbocycles. The highest BCUT2D eigenvalue weighted by Gasteiger charge is 2.29. The van der Waals surface area contributed by atoms with Crippen molar-refractivity contribution in [1.82, 2.24) is 25.0 Å². The summed E-state index contributed by atoms with van der Waals surface area (Å²) in [4.78, 5) is 29.3. The predicted molar refractivity (Wildman–Crippen MR) is 142 cm³/mol. The number of nitrogens with one attached hydrogen (secondary N) is 2. The molecule has 0 aliphatic carbocycles. The van der Waals surface area contributed by atoms with Crippen molar-refractivity contribution in [3.05, 3.63) is 61.6 Å². The number of likely N-dealkylation sites (tertiary alicyclic amines) is 1. The second kappa shape index (κ2) is 10.4. The van der Waals surface area contributed by atoms with Crippen LogP contribution in [0.15, 0.2) is 33.7 Å². The van der Waals surface area contributed by atoms with Crippen LogP contribution in [0, 0.1) is 13.8 Å². The van der Waals surface area contributed by atoms with E-state index in [9.17, 15) is 14.7 Å². The fourth-order valence-corrected chi connectivity index (χ4v) is 5.15. The molecule has 1 fully saturated rings. The SMILES string of the molecule is Cc1cc(C)c(CNC(O)c2cc(Br)cc3c2cnn3C2CCN(C(=O)OC(C)(C)C)CC2)c(=O)[nH]1. The number of aliphatic hydroxyl groups is 1. The number of benzene rings is 1. The number of aliphatic hydroxyl groups excluding tert-OH is 1. The number of hydrogen-bond acceptors (Lipinski definition) is 6. The zero-order valence-corrected chi connectivity index (χ0v) is 23.0. The molecule has 2 aromatic heterocycles. The summed E-state index contributed by atoms with van der Waals surface area (Å²) in [5, 5.41) is 19.6. The van der Waals surface area contributed by atoms with Gasteiger partial charge in [-0.3, -0.25) is 14.8 Å². The molecule has 1 saturated heterocycles. The number of carbonyl (C=O) groups excluding carboxylic acids is 1. The highest BCUT2D eigenvalue weighted by molar-refractivity contribution is 9.10. The molecule has 4 rings (SSSR count). The lowest BCUT2D eigenvalue weighted by Gasteiger charge is -2.33. The van der Waals surface area contributed by atoms with Gasteiger partial charge in [0.1, 0.15) is 11.8 Å². The number of nitrogens with zero attached hydrogens (tertiary/aromatic N) is 3. The van der Waals surface area contributed by atoms with Crippen molar-refractivity contribution >= 4 is 32.9 Å². The average molecular weight is 560 g/mol. The molecule has 194 valence electrons. The molecule has 3 heterocycles. The number of aryl methyl sites for hydroxylation is 2. The Hall–Kier alpha value is -2.69. The molecule has 10 heteroatoms. The zero-order chi connectivity index (χ0) is 26.2. The van der Waals surface area contributed by atoms with E-state index in [0.29, 0.717) is 24.2 Å². The lowest BCUT2D eigenvalue weighted by atomic mass is 10.0. The number of ether oxygens (including phenoxy) is 1.